The van der Waals surface area contributed by atoms with E-state index in [4.69, 9.17) is 4.74 Å². The Morgan fingerprint density at radius 3 is 2.67 bits per heavy atom. The average molecular weight is 368 g/mol. The van der Waals surface area contributed by atoms with Crippen molar-refractivity contribution in [1.29, 1.82) is 0 Å². The second-order valence-corrected chi connectivity index (χ2v) is 6.25. The van der Waals surface area contributed by atoms with Crippen LogP contribution in [0.4, 0.5) is 15.8 Å². The van der Waals surface area contributed by atoms with Gasteiger partial charge in [-0.1, -0.05) is 18.2 Å². The molecule has 8 heteroatoms. The fourth-order valence-electron chi connectivity index (χ4n) is 3.51. The van der Waals surface area contributed by atoms with Crippen molar-refractivity contribution in [2.24, 2.45) is 0 Å². The average Bonchev–Trinajstić information content (AvgIpc) is 3.02. The van der Waals surface area contributed by atoms with Gasteiger partial charge >= 0.3 is 5.97 Å². The van der Waals surface area contributed by atoms with Crippen molar-refractivity contribution in [3.05, 3.63) is 81.3 Å². The lowest BCUT2D eigenvalue weighted by atomic mass is 9.84. The smallest absolute Gasteiger partial charge is 0.336 e. The van der Waals surface area contributed by atoms with Crippen molar-refractivity contribution < 1.29 is 23.6 Å². The van der Waals surface area contributed by atoms with Gasteiger partial charge in [-0.15, -0.1) is 0 Å². The summed E-state index contributed by atoms with van der Waals surface area (Å²) in [5.74, 6) is -2.06. The summed E-state index contributed by atoms with van der Waals surface area (Å²) in [7, 11) is 0. The van der Waals surface area contributed by atoms with Crippen LogP contribution in [0.2, 0.25) is 0 Å². The monoisotopic (exact) mass is 368 g/mol. The number of anilines is 1. The van der Waals surface area contributed by atoms with E-state index in [0.717, 1.165) is 0 Å². The van der Waals surface area contributed by atoms with Gasteiger partial charge in [0.05, 0.1) is 21.9 Å². The molecule has 0 N–H and O–H groups in total. The Labute approximate surface area is 152 Å². The van der Waals surface area contributed by atoms with Crippen molar-refractivity contribution in [2.45, 2.75) is 12.3 Å². The van der Waals surface area contributed by atoms with Gasteiger partial charge in [0.25, 0.3) is 5.69 Å². The summed E-state index contributed by atoms with van der Waals surface area (Å²) in [5, 5.41) is 11.1. The van der Waals surface area contributed by atoms with E-state index in [2.05, 4.69) is 0 Å². The Kier molecular flexibility index (Phi) is 3.95. The van der Waals surface area contributed by atoms with E-state index >= 15 is 0 Å². The Morgan fingerprint density at radius 1 is 1.15 bits per heavy atom. The predicted molar refractivity (Wildman–Crippen MR) is 92.3 cm³/mol. The third-order valence-corrected chi connectivity index (χ3v) is 4.67. The molecule has 0 radical (unpaired) electrons. The van der Waals surface area contributed by atoms with Gasteiger partial charge in [-0.3, -0.25) is 19.8 Å². The summed E-state index contributed by atoms with van der Waals surface area (Å²) in [6.07, 6.45) is -0.0778. The maximum atomic E-state index is 13.6. The number of esters is 1. The molecular weight excluding hydrogens is 355 g/mol. The van der Waals surface area contributed by atoms with Gasteiger partial charge in [0, 0.05) is 24.5 Å². The van der Waals surface area contributed by atoms with Crippen LogP contribution in [0.25, 0.3) is 0 Å². The minimum Gasteiger partial charge on any atom is -0.456 e. The first kappa shape index (κ1) is 16.9. The molecule has 0 saturated carbocycles. The fourth-order valence-corrected chi connectivity index (χ4v) is 3.51. The van der Waals surface area contributed by atoms with Crippen molar-refractivity contribution in [3.63, 3.8) is 0 Å². The maximum Gasteiger partial charge on any atom is 0.336 e. The lowest BCUT2D eigenvalue weighted by Gasteiger charge is -2.31. The third-order valence-electron chi connectivity index (χ3n) is 4.67. The molecule has 2 heterocycles. The number of nitrogens with zero attached hydrogens (tertiary/aromatic N) is 2. The molecule has 1 amide bonds. The van der Waals surface area contributed by atoms with Crippen LogP contribution < -0.4 is 4.90 Å². The van der Waals surface area contributed by atoms with E-state index < -0.39 is 22.6 Å². The number of hydrogen-bond acceptors (Lipinski definition) is 5. The second kappa shape index (κ2) is 6.31. The van der Waals surface area contributed by atoms with Gasteiger partial charge in [-0.2, -0.15) is 0 Å². The summed E-state index contributed by atoms with van der Waals surface area (Å²) in [4.78, 5) is 37.0. The molecule has 2 aromatic rings. The molecule has 2 aliphatic heterocycles. The zero-order chi connectivity index (χ0) is 19.1. The molecule has 136 valence electrons. The van der Waals surface area contributed by atoms with E-state index in [1.54, 1.807) is 12.1 Å². The zero-order valence-corrected chi connectivity index (χ0v) is 13.9. The molecule has 0 bridgehead atoms. The third kappa shape index (κ3) is 2.84. The number of amides is 1. The molecule has 1 atom stereocenters. The summed E-state index contributed by atoms with van der Waals surface area (Å²) < 4.78 is 18.7. The molecule has 4 rings (SSSR count). The highest BCUT2D eigenvalue weighted by molar-refractivity contribution is 6.06. The number of carbonyl (C=O) groups is 2. The van der Waals surface area contributed by atoms with Crippen LogP contribution in [-0.4, -0.2) is 23.4 Å². The van der Waals surface area contributed by atoms with E-state index in [9.17, 15) is 24.1 Å². The van der Waals surface area contributed by atoms with E-state index in [0.29, 0.717) is 16.9 Å². The second-order valence-electron chi connectivity index (χ2n) is 6.25. The first-order valence-corrected chi connectivity index (χ1v) is 8.19. The van der Waals surface area contributed by atoms with Crippen LogP contribution in [0.15, 0.2) is 59.8 Å². The number of benzene rings is 2. The van der Waals surface area contributed by atoms with Gasteiger partial charge < -0.3 is 4.74 Å². The standard InChI is InChI=1S/C19H13FN2O5/c20-12-4-2-5-13(8-12)21-16-10-27-19(24)18(16)15(9-17(21)23)11-3-1-6-14(7-11)22(25)26/h1-8,15H,9-10H2/t15-/m0/s1. The van der Waals surface area contributed by atoms with E-state index in [1.807, 2.05) is 0 Å². The normalized spacial score (nSPS) is 19.1. The van der Waals surface area contributed by atoms with Crippen LogP contribution in [-0.2, 0) is 14.3 Å². The highest BCUT2D eigenvalue weighted by Crippen LogP contribution is 2.42. The molecule has 0 saturated heterocycles. The Hall–Kier alpha value is -3.55. The number of rotatable bonds is 3. The van der Waals surface area contributed by atoms with Crippen LogP contribution in [0, 0.1) is 15.9 Å². The first-order valence-electron chi connectivity index (χ1n) is 8.19. The van der Waals surface area contributed by atoms with Crippen LogP contribution in [0.5, 0.6) is 0 Å². The summed E-state index contributed by atoms with van der Waals surface area (Å²) in [6, 6.07) is 11.4. The van der Waals surface area contributed by atoms with E-state index in [-0.39, 0.29) is 30.2 Å². The molecule has 7 nitrogen and oxygen atoms in total. The molecule has 0 fully saturated rings. The van der Waals surface area contributed by atoms with Crippen LogP contribution in [0.3, 0.4) is 0 Å². The first-order chi connectivity index (χ1) is 13.0. The van der Waals surface area contributed by atoms with Gasteiger partial charge in [0.1, 0.15) is 12.4 Å². The number of ether oxygens (including phenoxy) is 1. The van der Waals surface area contributed by atoms with Crippen LogP contribution in [0.1, 0.15) is 17.9 Å². The molecule has 0 spiro atoms. The van der Waals surface area contributed by atoms with Crippen LogP contribution >= 0.6 is 0 Å². The molecule has 0 aliphatic carbocycles. The summed E-state index contributed by atoms with van der Waals surface area (Å²) in [6.45, 7) is -0.109. The highest BCUT2D eigenvalue weighted by Gasteiger charge is 2.43. The Bertz CT molecular complexity index is 1020. The topological polar surface area (TPSA) is 89.7 Å². The van der Waals surface area contributed by atoms with Crippen molar-refractivity contribution >= 4 is 23.3 Å². The fraction of sp³-hybridized carbons (Fsp3) is 0.158. The van der Waals surface area contributed by atoms with Crippen molar-refractivity contribution in [1.82, 2.24) is 0 Å². The van der Waals surface area contributed by atoms with Crippen molar-refractivity contribution in [2.75, 3.05) is 11.5 Å². The lowest BCUT2D eigenvalue weighted by Crippen LogP contribution is -2.37. The summed E-state index contributed by atoms with van der Waals surface area (Å²) >= 11 is 0. The molecule has 27 heavy (non-hydrogen) atoms. The zero-order valence-electron chi connectivity index (χ0n) is 13.9. The number of non-ortho nitro benzene ring substituents is 1. The van der Waals surface area contributed by atoms with Crippen molar-refractivity contribution in [3.8, 4) is 0 Å². The minimum absolute atomic E-state index is 0.0778. The quantitative estimate of drug-likeness (QED) is 0.472. The van der Waals surface area contributed by atoms with E-state index in [1.165, 1.54) is 41.3 Å². The molecule has 2 aromatic carbocycles. The Balaban J connectivity index is 1.83. The summed E-state index contributed by atoms with van der Waals surface area (Å²) in [5.41, 5.74) is 1.30. The largest absolute Gasteiger partial charge is 0.456 e. The van der Waals surface area contributed by atoms with Gasteiger partial charge in [0.2, 0.25) is 5.91 Å². The number of carbonyl (C=O) groups excluding carboxylic acids is 2. The molecule has 2 aliphatic rings. The minimum atomic E-state index is -0.646. The van der Waals surface area contributed by atoms with Gasteiger partial charge in [0.15, 0.2) is 0 Å². The Morgan fingerprint density at radius 2 is 1.93 bits per heavy atom. The predicted octanol–water partition coefficient (Wildman–Crippen LogP) is 3.07. The molecule has 0 aromatic heterocycles. The lowest BCUT2D eigenvalue weighted by molar-refractivity contribution is -0.384. The number of hydrogen-bond donors (Lipinski definition) is 0. The number of nitro benzene ring substituents is 1. The number of halogens is 1. The highest BCUT2D eigenvalue weighted by atomic mass is 19.1. The SMILES string of the molecule is O=C1OCC2=C1[C@H](c1cccc([N+](=O)[O-])c1)CC(=O)N2c1cccc(F)c1. The maximum absolute atomic E-state index is 13.6. The molecule has 0 unspecified atom stereocenters. The number of nitro groups is 1. The van der Waals surface area contributed by atoms with Gasteiger partial charge in [-0.05, 0) is 23.8 Å². The number of cyclic esters (lactones) is 1. The van der Waals surface area contributed by atoms with Gasteiger partial charge in [-0.25, -0.2) is 9.18 Å². The molecular formula is C19H13FN2O5.